The first kappa shape index (κ1) is 21.1. The summed E-state index contributed by atoms with van der Waals surface area (Å²) in [5.74, 6) is -0.0374. The second kappa shape index (κ2) is 11.7. The average Bonchev–Trinajstić information content (AvgIpc) is 3.50. The van der Waals surface area contributed by atoms with Gasteiger partial charge in [0.05, 0.1) is 37.3 Å². The average molecular weight is 610 g/mol. The molecular weight excluding hydrogens is 559 g/mol. The van der Waals surface area contributed by atoms with E-state index in [1.54, 1.807) is 0 Å². The molecule has 0 atom stereocenters. The molecule has 1 aromatic carbocycles. The van der Waals surface area contributed by atoms with Gasteiger partial charge in [-0.3, -0.25) is 18.7 Å². The highest BCUT2D eigenvalue weighted by Gasteiger charge is 2.37. The Balaban J connectivity index is 1.39. The monoisotopic (exact) mass is 609 g/mol. The van der Waals surface area contributed by atoms with Gasteiger partial charge in [0.25, 0.3) is 11.1 Å². The lowest BCUT2D eigenvalue weighted by Gasteiger charge is -2.44. The number of quaternary nitrogens is 1. The molecule has 1 fully saturated rings. The van der Waals surface area contributed by atoms with Crippen LogP contribution in [-0.2, 0) is 38.7 Å². The minimum Gasteiger partial charge on any atom is -0.356 e. The van der Waals surface area contributed by atoms with Crippen molar-refractivity contribution in [1.82, 2.24) is 24.3 Å². The van der Waals surface area contributed by atoms with E-state index in [0.717, 1.165) is 12.8 Å². The van der Waals surface area contributed by atoms with Gasteiger partial charge in [-0.25, -0.2) is 14.4 Å². The number of rotatable bonds is 7. The fraction of sp³-hybridized carbons (Fsp3) is 0.559. The van der Waals surface area contributed by atoms with Crippen LogP contribution in [-0.4, -0.2) is 54.8 Å². The van der Waals surface area contributed by atoms with Gasteiger partial charge in [0.2, 0.25) is 0 Å². The minimum atomic E-state index is -3.30. The Labute approximate surface area is 267 Å². The maximum Gasteiger partial charge on any atom is 0.257 e. The van der Waals surface area contributed by atoms with Crippen molar-refractivity contribution in [3.8, 4) is 0 Å². The van der Waals surface area contributed by atoms with E-state index in [9.17, 15) is 24.9 Å². The predicted molar refractivity (Wildman–Crippen MR) is 165 cm³/mol. The molecule has 3 aliphatic heterocycles. The molecule has 4 aromatic rings. The maximum absolute atomic E-state index is 14.0. The third-order valence-electron chi connectivity index (χ3n) is 9.28. The summed E-state index contributed by atoms with van der Waals surface area (Å²) in [6, 6.07) is 3.96. The SMILES string of the molecule is [2H]C([2H])(c1c(C)nc2n(c1=O)CCCC2)C([2H])([2H])[N+]1(C([2H])([2H])C([2H])([2H])c2c(C)nc3n(c2=O)CCCC3)CCC(c2noc3cc(F)ccc23)CC1. The standard InChI is InChI=1S/C34H42FN6O3/c1-22-26(33(42)39-15-5-3-7-30(39)36-22)13-19-41(20-14-27-23(2)37-31-8-4-6-16-40(31)34(27)43)17-11-24(12-18-41)32-28-10-9-25(35)21-29(28)44-38-32/h9-10,21,24H,3-8,11-20H2,1-2H3/q+1/i13D2,14D2,19D2,20D2. The normalized spacial score (nSPS) is 22.3. The highest BCUT2D eigenvalue weighted by Crippen LogP contribution is 2.35. The zero-order valence-corrected chi connectivity index (χ0v) is 25.1. The third kappa shape index (κ3) is 5.31. The highest BCUT2D eigenvalue weighted by atomic mass is 19.1. The molecule has 3 aliphatic rings. The van der Waals surface area contributed by atoms with Crippen LogP contribution >= 0.6 is 0 Å². The van der Waals surface area contributed by atoms with Gasteiger partial charge >= 0.3 is 0 Å². The Hall–Kier alpha value is -3.66. The molecule has 0 saturated carbocycles. The van der Waals surface area contributed by atoms with Crippen molar-refractivity contribution in [3.63, 3.8) is 0 Å². The first-order valence-corrected chi connectivity index (χ1v) is 15.5. The van der Waals surface area contributed by atoms with E-state index >= 15 is 0 Å². The molecule has 9 nitrogen and oxygen atoms in total. The van der Waals surface area contributed by atoms with Crippen LogP contribution in [0.25, 0.3) is 11.0 Å². The summed E-state index contributed by atoms with van der Waals surface area (Å²) >= 11 is 0. The van der Waals surface area contributed by atoms with E-state index in [1.165, 1.54) is 41.2 Å². The number of fused-ring (bicyclic) bond motifs is 3. The smallest absolute Gasteiger partial charge is 0.257 e. The number of hydrogen-bond acceptors (Lipinski definition) is 6. The molecule has 0 aliphatic carbocycles. The van der Waals surface area contributed by atoms with Crippen LogP contribution in [0.3, 0.4) is 0 Å². The molecule has 6 heterocycles. The number of hydrogen-bond donors (Lipinski definition) is 0. The molecule has 0 radical (unpaired) electrons. The van der Waals surface area contributed by atoms with Gasteiger partial charge in [-0.15, -0.1) is 0 Å². The van der Waals surface area contributed by atoms with Crippen molar-refractivity contribution < 1.29 is 24.4 Å². The minimum absolute atomic E-state index is 0.00495. The lowest BCUT2D eigenvalue weighted by molar-refractivity contribution is -0.932. The zero-order chi connectivity index (χ0) is 37.6. The molecule has 44 heavy (non-hydrogen) atoms. The van der Waals surface area contributed by atoms with Gasteiger partial charge in [-0.05, 0) is 51.7 Å². The van der Waals surface area contributed by atoms with Crippen molar-refractivity contribution in [2.24, 2.45) is 0 Å². The number of halogens is 1. The fourth-order valence-corrected chi connectivity index (χ4v) is 6.76. The van der Waals surface area contributed by atoms with Crippen molar-refractivity contribution in [1.29, 1.82) is 0 Å². The van der Waals surface area contributed by atoms with E-state index in [1.807, 2.05) is 0 Å². The van der Waals surface area contributed by atoms with Crippen LogP contribution < -0.4 is 11.1 Å². The Morgan fingerprint density at radius 3 is 2.05 bits per heavy atom. The summed E-state index contributed by atoms with van der Waals surface area (Å²) in [7, 11) is 0. The molecule has 3 aromatic heterocycles. The molecule has 7 rings (SSSR count). The van der Waals surface area contributed by atoms with Crippen LogP contribution in [0.1, 0.15) is 95.3 Å². The number of piperidine rings is 1. The first-order valence-electron chi connectivity index (χ1n) is 19.5. The quantitative estimate of drug-likeness (QED) is 0.286. The predicted octanol–water partition coefficient (Wildman–Crippen LogP) is 4.55. The Kier molecular flexibility index (Phi) is 5.62. The van der Waals surface area contributed by atoms with E-state index in [2.05, 4.69) is 15.1 Å². The van der Waals surface area contributed by atoms with Crippen LogP contribution in [0, 0.1) is 19.7 Å². The summed E-state index contributed by atoms with van der Waals surface area (Å²) in [6.07, 6.45) is -2.46. The van der Waals surface area contributed by atoms with E-state index < -0.39 is 77.3 Å². The molecule has 1 saturated heterocycles. The molecule has 0 amide bonds. The largest absolute Gasteiger partial charge is 0.356 e. The molecule has 0 bridgehead atoms. The van der Waals surface area contributed by atoms with Gasteiger partial charge in [0.15, 0.2) is 5.58 Å². The molecule has 232 valence electrons. The first-order chi connectivity index (χ1) is 24.4. The van der Waals surface area contributed by atoms with Gasteiger partial charge < -0.3 is 9.01 Å². The van der Waals surface area contributed by atoms with Gasteiger partial charge in [0, 0.05) is 96.9 Å². The molecule has 10 heteroatoms. The summed E-state index contributed by atoms with van der Waals surface area (Å²) in [5.41, 5.74) is -1.97. The molecule has 0 spiro atoms. The van der Waals surface area contributed by atoms with Gasteiger partial charge in [0.1, 0.15) is 17.5 Å². The summed E-state index contributed by atoms with van der Waals surface area (Å²) in [6.45, 7) is -4.06. The number of aromatic nitrogens is 5. The maximum atomic E-state index is 14.0. The van der Waals surface area contributed by atoms with Crippen molar-refractivity contribution in [2.45, 2.75) is 97.0 Å². The number of benzene rings is 1. The van der Waals surface area contributed by atoms with E-state index in [4.69, 9.17) is 4.52 Å². The Morgan fingerprint density at radius 1 is 0.909 bits per heavy atom. The van der Waals surface area contributed by atoms with Crippen molar-refractivity contribution >= 4 is 11.0 Å². The van der Waals surface area contributed by atoms with Crippen molar-refractivity contribution in [3.05, 3.63) is 84.6 Å². The lowest BCUT2D eigenvalue weighted by Crippen LogP contribution is -2.55. The van der Waals surface area contributed by atoms with Gasteiger partial charge in [-0.1, -0.05) is 5.16 Å². The van der Waals surface area contributed by atoms with E-state index in [-0.39, 0.29) is 42.9 Å². The summed E-state index contributed by atoms with van der Waals surface area (Å²) < 4.78 is 97.2. The summed E-state index contributed by atoms with van der Waals surface area (Å²) in [5, 5.41) is 4.69. The van der Waals surface area contributed by atoms with Crippen LogP contribution in [0.15, 0.2) is 32.3 Å². The number of likely N-dealkylation sites (tertiary alicyclic amines) is 1. The highest BCUT2D eigenvalue weighted by molar-refractivity contribution is 5.79. The molecule has 0 N–H and O–H groups in total. The van der Waals surface area contributed by atoms with Gasteiger partial charge in [-0.2, -0.15) is 0 Å². The molecule has 0 unspecified atom stereocenters. The second-order valence-corrected chi connectivity index (χ2v) is 12.2. The van der Waals surface area contributed by atoms with Crippen LogP contribution in [0.2, 0.25) is 0 Å². The zero-order valence-electron chi connectivity index (χ0n) is 33.1. The number of aryl methyl sites for hydroxylation is 4. The topological polar surface area (TPSA) is 95.8 Å². The van der Waals surface area contributed by atoms with Crippen LogP contribution in [0.4, 0.5) is 4.39 Å². The van der Waals surface area contributed by atoms with Crippen LogP contribution in [0.5, 0.6) is 0 Å². The second-order valence-electron chi connectivity index (χ2n) is 12.2. The molecular formula is C34H42FN6O3+. The Bertz CT molecular complexity index is 2090. The third-order valence-corrected chi connectivity index (χ3v) is 9.28. The summed E-state index contributed by atoms with van der Waals surface area (Å²) in [4.78, 5) is 37.0. The lowest BCUT2D eigenvalue weighted by atomic mass is 9.89. The Morgan fingerprint density at radius 2 is 1.48 bits per heavy atom. The van der Waals surface area contributed by atoms with E-state index in [0.29, 0.717) is 48.4 Å². The number of nitrogens with zero attached hydrogens (tertiary/aromatic N) is 6. The van der Waals surface area contributed by atoms with Crippen molar-refractivity contribution in [2.75, 3.05) is 26.1 Å². The fourth-order valence-electron chi connectivity index (χ4n) is 6.76.